The number of aromatic nitrogens is 4. The minimum atomic E-state index is -5.37. The summed E-state index contributed by atoms with van der Waals surface area (Å²) in [6.07, 6.45) is -5.47. The molecule has 3 heterocycles. The van der Waals surface area contributed by atoms with E-state index in [1.807, 2.05) is 0 Å². The molecule has 1 aromatic carbocycles. The van der Waals surface area contributed by atoms with Crippen LogP contribution in [0.1, 0.15) is 11.9 Å². The lowest BCUT2D eigenvalue weighted by atomic mass is 10.1. The molecule has 16 nitrogen and oxygen atoms in total. The summed E-state index contributed by atoms with van der Waals surface area (Å²) in [5.41, 5.74) is -0.473. The molecular formula is C17H20N4O12P2. The normalized spacial score (nSPS) is 24.6. The second-order valence-corrected chi connectivity index (χ2v) is 10.4. The Balaban J connectivity index is 1.56. The Bertz CT molecular complexity index is 1440. The van der Waals surface area contributed by atoms with Crippen molar-refractivity contribution in [2.24, 2.45) is 0 Å². The summed E-state index contributed by atoms with van der Waals surface area (Å²) in [7, 11) is -10.6. The number of hydrogen-bond donors (Lipinski definition) is 6. The van der Waals surface area contributed by atoms with Gasteiger partial charge in [0.1, 0.15) is 18.3 Å². The molecule has 0 aliphatic carbocycles. The van der Waals surface area contributed by atoms with Gasteiger partial charge in [0, 0.05) is 17.6 Å². The summed E-state index contributed by atoms with van der Waals surface area (Å²) < 4.78 is 37.5. The van der Waals surface area contributed by atoms with E-state index in [9.17, 15) is 33.8 Å². The highest BCUT2D eigenvalue weighted by molar-refractivity contribution is 7.60. The Kier molecular flexibility index (Phi) is 6.96. The van der Waals surface area contributed by atoms with Crippen molar-refractivity contribution in [3.05, 3.63) is 63.1 Å². The van der Waals surface area contributed by atoms with Gasteiger partial charge in [-0.25, -0.2) is 13.9 Å². The van der Waals surface area contributed by atoms with Crippen LogP contribution in [0.15, 0.2) is 46.1 Å². The molecule has 190 valence electrons. The third-order valence-corrected chi connectivity index (χ3v) is 7.33. The van der Waals surface area contributed by atoms with Crippen molar-refractivity contribution in [2.45, 2.75) is 31.1 Å². The first-order chi connectivity index (χ1) is 16.4. The fraction of sp³-hybridized carbons (Fsp3) is 0.353. The minimum Gasteiger partial charge on any atom is -0.387 e. The number of hydrogen-bond acceptors (Lipinski definition) is 10. The van der Waals surface area contributed by atoms with Crippen LogP contribution in [0.25, 0.3) is 10.9 Å². The fourth-order valence-corrected chi connectivity index (χ4v) is 5.18. The van der Waals surface area contributed by atoms with Crippen LogP contribution < -0.4 is 11.2 Å². The highest BCUT2D eigenvalue weighted by atomic mass is 31.3. The van der Waals surface area contributed by atoms with Gasteiger partial charge in [-0.15, -0.1) is 0 Å². The van der Waals surface area contributed by atoms with Crippen molar-refractivity contribution in [3.63, 3.8) is 0 Å². The Morgan fingerprint density at radius 2 is 1.80 bits per heavy atom. The van der Waals surface area contributed by atoms with Crippen molar-refractivity contribution in [2.75, 3.05) is 6.61 Å². The molecule has 4 rings (SSSR count). The molecule has 2 aromatic heterocycles. The number of nitrogens with one attached hydrogen (secondary N) is 1. The number of fused-ring (bicyclic) bond motifs is 1. The van der Waals surface area contributed by atoms with E-state index in [4.69, 9.17) is 14.5 Å². The molecule has 3 aromatic rings. The lowest BCUT2D eigenvalue weighted by Gasteiger charge is -2.19. The summed E-state index contributed by atoms with van der Waals surface area (Å²) in [4.78, 5) is 52.1. The van der Waals surface area contributed by atoms with Gasteiger partial charge in [-0.05, 0) is 6.07 Å². The molecule has 35 heavy (non-hydrogen) atoms. The maximum absolute atomic E-state index is 13.1. The molecule has 1 fully saturated rings. The number of rotatable bonds is 8. The molecule has 2 unspecified atom stereocenters. The van der Waals surface area contributed by atoms with Crippen molar-refractivity contribution in [1.82, 2.24) is 19.3 Å². The quantitative estimate of drug-likeness (QED) is 0.186. The summed E-state index contributed by atoms with van der Waals surface area (Å²) >= 11 is 0. The van der Waals surface area contributed by atoms with E-state index in [2.05, 4.69) is 19.0 Å². The number of para-hydroxylation sites is 1. The highest BCUT2D eigenvalue weighted by Crippen LogP contribution is 2.57. The predicted octanol–water partition coefficient (Wildman–Crippen LogP) is -1.22. The molecule has 0 saturated carbocycles. The largest absolute Gasteiger partial charge is 0.481 e. The maximum Gasteiger partial charge on any atom is 0.481 e. The monoisotopic (exact) mass is 534 g/mol. The Morgan fingerprint density at radius 1 is 1.09 bits per heavy atom. The second-order valence-electron chi connectivity index (χ2n) is 7.53. The number of nitrogens with zero attached hydrogens (tertiary/aromatic N) is 3. The molecule has 0 spiro atoms. The number of aliphatic hydroxyl groups is 2. The Morgan fingerprint density at radius 3 is 2.51 bits per heavy atom. The molecule has 1 aliphatic rings. The fourth-order valence-electron chi connectivity index (χ4n) is 3.58. The van der Waals surface area contributed by atoms with Gasteiger partial charge in [0.15, 0.2) is 6.23 Å². The van der Waals surface area contributed by atoms with Crippen LogP contribution in [0.4, 0.5) is 0 Å². The maximum atomic E-state index is 13.1. The molecule has 18 heteroatoms. The van der Waals surface area contributed by atoms with E-state index in [1.165, 1.54) is 0 Å². The van der Waals surface area contributed by atoms with Crippen molar-refractivity contribution in [3.8, 4) is 0 Å². The third-order valence-electron chi connectivity index (χ3n) is 5.18. The van der Waals surface area contributed by atoms with Crippen molar-refractivity contribution >= 4 is 26.5 Å². The third kappa shape index (κ3) is 5.52. The number of aromatic amines is 1. The van der Waals surface area contributed by atoms with Crippen LogP contribution in [-0.2, 0) is 29.2 Å². The van der Waals surface area contributed by atoms with Crippen LogP contribution >= 0.6 is 15.6 Å². The molecular weight excluding hydrogens is 514 g/mol. The molecule has 0 bridgehead atoms. The smallest absolute Gasteiger partial charge is 0.387 e. The number of ether oxygens (including phenoxy) is 1. The molecule has 5 atom stereocenters. The second kappa shape index (κ2) is 9.52. The van der Waals surface area contributed by atoms with E-state index >= 15 is 0 Å². The average Bonchev–Trinajstić information content (AvgIpc) is 3.30. The number of phosphoric acid groups is 2. The van der Waals surface area contributed by atoms with Crippen molar-refractivity contribution < 1.29 is 47.6 Å². The first-order valence-corrected chi connectivity index (χ1v) is 12.9. The zero-order chi connectivity index (χ0) is 25.5. The van der Waals surface area contributed by atoms with Gasteiger partial charge in [-0.3, -0.25) is 23.6 Å². The lowest BCUT2D eigenvalue weighted by molar-refractivity contribution is -0.0547. The van der Waals surface area contributed by atoms with E-state index in [1.54, 1.807) is 24.3 Å². The predicted molar refractivity (Wildman–Crippen MR) is 115 cm³/mol. The van der Waals surface area contributed by atoms with Crippen LogP contribution in [-0.4, -0.2) is 69.1 Å². The van der Waals surface area contributed by atoms with Gasteiger partial charge < -0.3 is 29.6 Å². The first-order valence-electron chi connectivity index (χ1n) is 9.86. The molecule has 0 radical (unpaired) electrons. The number of aliphatic hydroxyl groups excluding tert-OH is 2. The summed E-state index contributed by atoms with van der Waals surface area (Å²) in [5, 5.41) is 28.2. The van der Waals surface area contributed by atoms with Gasteiger partial charge in [-0.1, -0.05) is 18.2 Å². The van der Waals surface area contributed by atoms with Crippen LogP contribution in [0, 0.1) is 0 Å². The summed E-state index contributed by atoms with van der Waals surface area (Å²) in [6.45, 7) is -1.15. The topological polar surface area (TPSA) is 236 Å². The van der Waals surface area contributed by atoms with E-state index in [0.29, 0.717) is 16.6 Å². The zero-order valence-corrected chi connectivity index (χ0v) is 19.3. The van der Waals surface area contributed by atoms with E-state index < -0.39 is 58.0 Å². The van der Waals surface area contributed by atoms with Gasteiger partial charge in [0.2, 0.25) is 0 Å². The van der Waals surface area contributed by atoms with E-state index in [-0.39, 0.29) is 6.54 Å². The zero-order valence-electron chi connectivity index (χ0n) is 17.5. The van der Waals surface area contributed by atoms with Gasteiger partial charge in [-0.2, -0.15) is 9.41 Å². The number of H-pyrrole nitrogens is 1. The summed E-state index contributed by atoms with van der Waals surface area (Å²) in [6, 6.07) is 8.10. The SMILES string of the molecule is O=c1ccn([C@@H]2O[C@H](COP(=O)(O)OP(=O)(O)O)C(O)[C@@H]2O)c(=O)n1Cc1n[nH]c2ccccc12. The lowest BCUT2D eigenvalue weighted by Crippen LogP contribution is -2.43. The Hall–Kier alpha value is -2.49. The number of benzene rings is 1. The number of phosphoric ester groups is 1. The molecule has 1 saturated heterocycles. The molecule has 0 amide bonds. The van der Waals surface area contributed by atoms with Gasteiger partial charge in [0.25, 0.3) is 5.56 Å². The van der Waals surface area contributed by atoms with Crippen LogP contribution in [0.2, 0.25) is 0 Å². The van der Waals surface area contributed by atoms with Gasteiger partial charge >= 0.3 is 21.3 Å². The standard InChI is InChI=1S/C17H20N4O12P2/c22-13-5-6-20(17(25)21(13)7-11-9-3-1-2-4-10(9)18-19-11)16-15(24)14(23)12(32-16)8-31-35(29,30)33-34(26,27)28/h1-6,12,14-16,23-24H,7-8H2,(H,18,19)(H,29,30)(H2,26,27,28)/t12-,14?,15+,16-/m1/s1. The highest BCUT2D eigenvalue weighted by Gasteiger charge is 2.46. The van der Waals surface area contributed by atoms with Gasteiger partial charge in [0.05, 0.1) is 24.4 Å². The van der Waals surface area contributed by atoms with Crippen molar-refractivity contribution in [1.29, 1.82) is 0 Å². The average molecular weight is 534 g/mol. The molecule has 6 N–H and O–H groups in total. The molecule has 1 aliphatic heterocycles. The first kappa shape index (κ1) is 25.6. The van der Waals surface area contributed by atoms with Crippen LogP contribution in [0.5, 0.6) is 0 Å². The summed E-state index contributed by atoms with van der Waals surface area (Å²) in [5.74, 6) is 0. The van der Waals surface area contributed by atoms with E-state index in [0.717, 1.165) is 21.4 Å². The minimum absolute atomic E-state index is 0.214. The Labute approximate surface area is 194 Å². The van der Waals surface area contributed by atoms with Crippen LogP contribution in [0.3, 0.4) is 0 Å².